The molecule has 2 aromatic carbocycles. The van der Waals surface area contributed by atoms with E-state index in [1.807, 2.05) is 38.1 Å². The molecule has 0 aliphatic heterocycles. The summed E-state index contributed by atoms with van der Waals surface area (Å²) in [7, 11) is 0. The molecule has 0 bridgehead atoms. The van der Waals surface area contributed by atoms with Crippen molar-refractivity contribution in [3.05, 3.63) is 64.7 Å². The molecule has 0 heterocycles. The van der Waals surface area contributed by atoms with Crippen molar-refractivity contribution in [2.75, 3.05) is 0 Å². The Labute approximate surface area is 138 Å². The average molecular weight is 311 g/mol. The third kappa shape index (κ3) is 4.59. The van der Waals surface area contributed by atoms with Crippen LogP contribution in [0.2, 0.25) is 0 Å². The molecular formula is C20H25NO2. The molecule has 23 heavy (non-hydrogen) atoms. The summed E-state index contributed by atoms with van der Waals surface area (Å²) < 4.78 is 5.73. The van der Waals surface area contributed by atoms with E-state index in [2.05, 4.69) is 37.4 Å². The van der Waals surface area contributed by atoms with Gasteiger partial charge in [-0.25, -0.2) is 0 Å². The molecule has 0 aromatic heterocycles. The van der Waals surface area contributed by atoms with Gasteiger partial charge in [-0.05, 0) is 63.4 Å². The standard InChI is InChI=1S/C20H25NO2/c1-13-7-6-8-18(12-13)23-17(5)20(22)21-16(4)19-10-9-14(2)11-15(19)3/h6-12,16-17H,1-5H3,(H,21,22)/t16-,17+/m1/s1. The fourth-order valence-corrected chi connectivity index (χ4v) is 2.67. The number of hydrogen-bond acceptors (Lipinski definition) is 2. The minimum absolute atomic E-state index is 0.0494. The monoisotopic (exact) mass is 311 g/mol. The molecule has 2 atom stereocenters. The minimum Gasteiger partial charge on any atom is -0.481 e. The van der Waals surface area contributed by atoms with Crippen LogP contribution in [0.3, 0.4) is 0 Å². The van der Waals surface area contributed by atoms with Crippen LogP contribution in [0.4, 0.5) is 0 Å². The molecule has 1 N–H and O–H groups in total. The van der Waals surface area contributed by atoms with Crippen molar-refractivity contribution >= 4 is 5.91 Å². The highest BCUT2D eigenvalue weighted by molar-refractivity contribution is 5.81. The molecule has 0 spiro atoms. The predicted octanol–water partition coefficient (Wildman–Crippen LogP) is 4.26. The number of aryl methyl sites for hydroxylation is 3. The summed E-state index contributed by atoms with van der Waals surface area (Å²) in [5.41, 5.74) is 4.65. The van der Waals surface area contributed by atoms with Crippen LogP contribution in [-0.2, 0) is 4.79 Å². The molecule has 0 aliphatic rings. The molecule has 2 rings (SSSR count). The predicted molar refractivity (Wildman–Crippen MR) is 93.7 cm³/mol. The van der Waals surface area contributed by atoms with Crippen LogP contribution in [-0.4, -0.2) is 12.0 Å². The van der Waals surface area contributed by atoms with Crippen molar-refractivity contribution < 1.29 is 9.53 Å². The summed E-state index contributed by atoms with van der Waals surface area (Å²) >= 11 is 0. The fraction of sp³-hybridized carbons (Fsp3) is 0.350. The normalized spacial score (nSPS) is 13.3. The second-order valence-corrected chi connectivity index (χ2v) is 6.17. The van der Waals surface area contributed by atoms with Gasteiger partial charge >= 0.3 is 0 Å². The molecule has 0 unspecified atom stereocenters. The Hall–Kier alpha value is -2.29. The summed E-state index contributed by atoms with van der Waals surface area (Å²) in [6.07, 6.45) is -0.537. The molecule has 0 saturated heterocycles. The number of nitrogens with one attached hydrogen (secondary N) is 1. The number of ether oxygens (including phenoxy) is 1. The van der Waals surface area contributed by atoms with Gasteiger partial charge in [0.25, 0.3) is 5.91 Å². The van der Waals surface area contributed by atoms with Crippen LogP contribution in [0.15, 0.2) is 42.5 Å². The van der Waals surface area contributed by atoms with Gasteiger partial charge in [0.15, 0.2) is 6.10 Å². The quantitative estimate of drug-likeness (QED) is 0.896. The lowest BCUT2D eigenvalue weighted by Crippen LogP contribution is -2.38. The van der Waals surface area contributed by atoms with E-state index in [0.29, 0.717) is 5.75 Å². The van der Waals surface area contributed by atoms with Crippen LogP contribution < -0.4 is 10.1 Å². The van der Waals surface area contributed by atoms with Crippen LogP contribution >= 0.6 is 0 Å². The number of rotatable bonds is 5. The largest absolute Gasteiger partial charge is 0.481 e. The molecule has 122 valence electrons. The fourth-order valence-electron chi connectivity index (χ4n) is 2.67. The number of benzene rings is 2. The Morgan fingerprint density at radius 1 is 1.00 bits per heavy atom. The van der Waals surface area contributed by atoms with Crippen molar-refractivity contribution in [3.8, 4) is 5.75 Å². The topological polar surface area (TPSA) is 38.3 Å². The van der Waals surface area contributed by atoms with E-state index in [0.717, 1.165) is 11.1 Å². The number of hydrogen-bond donors (Lipinski definition) is 1. The van der Waals surface area contributed by atoms with E-state index < -0.39 is 6.10 Å². The minimum atomic E-state index is -0.537. The van der Waals surface area contributed by atoms with E-state index in [1.165, 1.54) is 11.1 Å². The highest BCUT2D eigenvalue weighted by Crippen LogP contribution is 2.19. The van der Waals surface area contributed by atoms with Gasteiger partial charge < -0.3 is 10.1 Å². The smallest absolute Gasteiger partial charge is 0.261 e. The van der Waals surface area contributed by atoms with Crippen molar-refractivity contribution in [1.82, 2.24) is 5.32 Å². The molecular weight excluding hydrogens is 286 g/mol. The van der Waals surface area contributed by atoms with Crippen LogP contribution in [0.25, 0.3) is 0 Å². The molecule has 0 aliphatic carbocycles. The van der Waals surface area contributed by atoms with Gasteiger partial charge in [-0.3, -0.25) is 4.79 Å². The molecule has 1 amide bonds. The van der Waals surface area contributed by atoms with Gasteiger partial charge in [-0.2, -0.15) is 0 Å². The zero-order chi connectivity index (χ0) is 17.0. The van der Waals surface area contributed by atoms with Crippen LogP contribution in [0.5, 0.6) is 5.75 Å². The Kier molecular flexibility index (Phi) is 5.43. The summed E-state index contributed by atoms with van der Waals surface area (Å²) in [5.74, 6) is 0.603. The maximum Gasteiger partial charge on any atom is 0.261 e. The van der Waals surface area contributed by atoms with Gasteiger partial charge in [0, 0.05) is 0 Å². The van der Waals surface area contributed by atoms with Gasteiger partial charge in [0.05, 0.1) is 6.04 Å². The molecule has 0 saturated carbocycles. The first kappa shape index (κ1) is 17.1. The van der Waals surface area contributed by atoms with E-state index >= 15 is 0 Å². The molecule has 2 aromatic rings. The zero-order valence-corrected chi connectivity index (χ0v) is 14.5. The number of amides is 1. The van der Waals surface area contributed by atoms with Gasteiger partial charge in [-0.1, -0.05) is 35.9 Å². The van der Waals surface area contributed by atoms with Crippen molar-refractivity contribution in [3.63, 3.8) is 0 Å². The SMILES string of the molecule is Cc1cccc(O[C@@H](C)C(=O)N[C@H](C)c2ccc(C)cc2C)c1. The van der Waals surface area contributed by atoms with Crippen molar-refractivity contribution in [2.45, 2.75) is 46.8 Å². The lowest BCUT2D eigenvalue weighted by molar-refractivity contribution is -0.127. The van der Waals surface area contributed by atoms with Crippen molar-refractivity contribution in [2.24, 2.45) is 0 Å². The number of carbonyl (C=O) groups excluding carboxylic acids is 1. The Balaban J connectivity index is 2.00. The second-order valence-electron chi connectivity index (χ2n) is 6.17. The second kappa shape index (κ2) is 7.32. The third-order valence-electron chi connectivity index (χ3n) is 3.92. The van der Waals surface area contributed by atoms with Crippen molar-refractivity contribution in [1.29, 1.82) is 0 Å². The third-order valence-corrected chi connectivity index (χ3v) is 3.92. The molecule has 3 heteroatoms. The van der Waals surface area contributed by atoms with E-state index in [-0.39, 0.29) is 11.9 Å². The highest BCUT2D eigenvalue weighted by atomic mass is 16.5. The van der Waals surface area contributed by atoms with E-state index in [4.69, 9.17) is 4.74 Å². The zero-order valence-electron chi connectivity index (χ0n) is 14.5. The Morgan fingerprint density at radius 3 is 2.35 bits per heavy atom. The summed E-state index contributed by atoms with van der Waals surface area (Å²) in [6, 6.07) is 13.9. The lowest BCUT2D eigenvalue weighted by Gasteiger charge is -2.20. The van der Waals surface area contributed by atoms with E-state index in [1.54, 1.807) is 6.92 Å². The average Bonchev–Trinajstić information content (AvgIpc) is 2.46. The number of carbonyl (C=O) groups is 1. The lowest BCUT2D eigenvalue weighted by atomic mass is 10.0. The van der Waals surface area contributed by atoms with Crippen LogP contribution in [0.1, 0.15) is 42.1 Å². The summed E-state index contributed by atoms with van der Waals surface area (Å²) in [4.78, 5) is 12.4. The molecule has 0 radical (unpaired) electrons. The molecule has 3 nitrogen and oxygen atoms in total. The molecule has 0 fully saturated rings. The van der Waals surface area contributed by atoms with Gasteiger partial charge in [0.2, 0.25) is 0 Å². The Bertz CT molecular complexity index is 694. The van der Waals surface area contributed by atoms with E-state index in [9.17, 15) is 4.79 Å². The van der Waals surface area contributed by atoms with Gasteiger partial charge in [-0.15, -0.1) is 0 Å². The maximum atomic E-state index is 12.4. The van der Waals surface area contributed by atoms with Gasteiger partial charge in [0.1, 0.15) is 5.75 Å². The first-order valence-corrected chi connectivity index (χ1v) is 7.97. The van der Waals surface area contributed by atoms with Crippen LogP contribution in [0, 0.1) is 20.8 Å². The summed E-state index contributed by atoms with van der Waals surface area (Å²) in [6.45, 7) is 9.90. The summed E-state index contributed by atoms with van der Waals surface area (Å²) in [5, 5.41) is 3.03. The maximum absolute atomic E-state index is 12.4. The Morgan fingerprint density at radius 2 is 1.70 bits per heavy atom. The first-order chi connectivity index (χ1) is 10.9. The first-order valence-electron chi connectivity index (χ1n) is 7.97. The highest BCUT2D eigenvalue weighted by Gasteiger charge is 2.18.